The topological polar surface area (TPSA) is 69.4 Å². The molecular weight excluding hydrogens is 230 g/mol. The molecule has 1 rings (SSSR count). The highest BCUT2D eigenvalue weighted by atomic mass is 32.2. The Morgan fingerprint density at radius 2 is 2.00 bits per heavy atom. The van der Waals surface area contributed by atoms with Gasteiger partial charge in [0.1, 0.15) is 0 Å². The minimum absolute atomic E-state index is 0.0192. The first-order chi connectivity index (χ1) is 7.65. The highest BCUT2D eigenvalue weighted by molar-refractivity contribution is 7.80. The Morgan fingerprint density at radius 3 is 2.50 bits per heavy atom. The summed E-state index contributed by atoms with van der Waals surface area (Å²) in [4.78, 5) is 10.3. The molecule has 0 aliphatic rings. The third-order valence-electron chi connectivity index (χ3n) is 1.93. The molecule has 0 radical (unpaired) electrons. The van der Waals surface area contributed by atoms with Crippen molar-refractivity contribution in [1.29, 1.82) is 0 Å². The zero-order valence-electron chi connectivity index (χ0n) is 8.92. The van der Waals surface area contributed by atoms with Crippen LogP contribution in [-0.4, -0.2) is 15.7 Å². The van der Waals surface area contributed by atoms with Crippen LogP contribution in [-0.2, 0) is 15.3 Å². The zero-order valence-corrected chi connectivity index (χ0v) is 9.74. The van der Waals surface area contributed by atoms with Crippen LogP contribution in [0.4, 0.5) is 5.69 Å². The maximum absolute atomic E-state index is 11.5. The van der Waals surface area contributed by atoms with Crippen LogP contribution in [0.5, 0.6) is 0 Å². The summed E-state index contributed by atoms with van der Waals surface area (Å²) in [6.07, 6.45) is 1.82. The third kappa shape index (κ3) is 3.71. The second-order valence-corrected chi connectivity index (χ2v) is 4.34. The molecule has 1 unspecified atom stereocenters. The SMILES string of the molecule is CCCCOS(=O)c1ccc([N+](=O)[O-])cc1. The average molecular weight is 243 g/mol. The number of non-ortho nitro benzene ring substituents is 1. The van der Waals surface area contributed by atoms with Gasteiger partial charge in [-0.15, -0.1) is 0 Å². The predicted octanol–water partition coefficient (Wildman–Crippen LogP) is 2.43. The van der Waals surface area contributed by atoms with E-state index in [1.165, 1.54) is 24.3 Å². The summed E-state index contributed by atoms with van der Waals surface area (Å²) in [6.45, 7) is 2.44. The van der Waals surface area contributed by atoms with Gasteiger partial charge in [-0.25, -0.2) is 4.21 Å². The normalized spacial score (nSPS) is 12.3. The molecule has 0 saturated carbocycles. The third-order valence-corrected chi connectivity index (χ3v) is 2.97. The Bertz CT molecular complexity index is 377. The van der Waals surface area contributed by atoms with Crippen molar-refractivity contribution in [1.82, 2.24) is 0 Å². The quantitative estimate of drug-likeness (QED) is 0.437. The lowest BCUT2D eigenvalue weighted by molar-refractivity contribution is -0.384. The lowest BCUT2D eigenvalue weighted by atomic mass is 10.3. The lowest BCUT2D eigenvalue weighted by Crippen LogP contribution is -1.99. The number of benzene rings is 1. The van der Waals surface area contributed by atoms with Gasteiger partial charge in [0.05, 0.1) is 16.4 Å². The molecule has 0 aliphatic carbocycles. The van der Waals surface area contributed by atoms with Crippen LogP contribution in [0.2, 0.25) is 0 Å². The minimum Gasteiger partial charge on any atom is -0.287 e. The molecule has 0 bridgehead atoms. The highest BCUT2D eigenvalue weighted by Gasteiger charge is 2.08. The molecule has 1 atom stereocenters. The van der Waals surface area contributed by atoms with E-state index in [9.17, 15) is 14.3 Å². The van der Waals surface area contributed by atoms with Gasteiger partial charge in [0.15, 0.2) is 11.1 Å². The van der Waals surface area contributed by atoms with Crippen molar-refractivity contribution in [3.63, 3.8) is 0 Å². The van der Waals surface area contributed by atoms with Crippen LogP contribution in [0, 0.1) is 10.1 Å². The fourth-order valence-electron chi connectivity index (χ4n) is 1.03. The Kier molecular flexibility index (Phi) is 5.07. The van der Waals surface area contributed by atoms with E-state index in [2.05, 4.69) is 0 Å². The maximum atomic E-state index is 11.5. The van der Waals surface area contributed by atoms with E-state index < -0.39 is 16.0 Å². The number of hydrogen-bond donors (Lipinski definition) is 0. The van der Waals surface area contributed by atoms with Crippen molar-refractivity contribution in [2.45, 2.75) is 24.7 Å². The molecule has 0 spiro atoms. The molecular formula is C10H13NO4S. The second-order valence-electron chi connectivity index (χ2n) is 3.16. The van der Waals surface area contributed by atoms with Crippen LogP contribution in [0.15, 0.2) is 29.2 Å². The van der Waals surface area contributed by atoms with Crippen LogP contribution in [0.3, 0.4) is 0 Å². The highest BCUT2D eigenvalue weighted by Crippen LogP contribution is 2.15. The van der Waals surface area contributed by atoms with Crippen molar-refractivity contribution in [3.8, 4) is 0 Å². The molecule has 0 aromatic heterocycles. The molecule has 16 heavy (non-hydrogen) atoms. The molecule has 0 aliphatic heterocycles. The van der Waals surface area contributed by atoms with Gasteiger partial charge in [-0.3, -0.25) is 14.3 Å². The predicted molar refractivity (Wildman–Crippen MR) is 60.4 cm³/mol. The van der Waals surface area contributed by atoms with Gasteiger partial charge >= 0.3 is 0 Å². The Labute approximate surface area is 96.2 Å². The lowest BCUT2D eigenvalue weighted by Gasteiger charge is -2.02. The monoisotopic (exact) mass is 243 g/mol. The number of nitro benzene ring substituents is 1. The van der Waals surface area contributed by atoms with E-state index in [0.29, 0.717) is 11.5 Å². The summed E-state index contributed by atoms with van der Waals surface area (Å²) in [7, 11) is 0. The standard InChI is InChI=1S/C10H13NO4S/c1-2-3-8-15-16(14)10-6-4-9(5-7-10)11(12)13/h4-7H,2-3,8H2,1H3. The van der Waals surface area contributed by atoms with E-state index in [1.54, 1.807) is 0 Å². The van der Waals surface area contributed by atoms with E-state index in [4.69, 9.17) is 4.18 Å². The fourth-order valence-corrected chi connectivity index (χ4v) is 1.79. The number of unbranched alkanes of at least 4 members (excludes halogenated alkanes) is 1. The molecule has 0 heterocycles. The Hall–Kier alpha value is -1.27. The average Bonchev–Trinajstić information content (AvgIpc) is 2.29. The molecule has 5 nitrogen and oxygen atoms in total. The molecule has 1 aromatic rings. The summed E-state index contributed by atoms with van der Waals surface area (Å²) >= 11 is -1.53. The first kappa shape index (κ1) is 12.8. The largest absolute Gasteiger partial charge is 0.287 e. The van der Waals surface area contributed by atoms with Crippen LogP contribution in [0.25, 0.3) is 0 Å². The van der Waals surface area contributed by atoms with Crippen LogP contribution < -0.4 is 0 Å². The molecule has 0 saturated heterocycles. The number of hydrogen-bond acceptors (Lipinski definition) is 4. The molecule has 0 amide bonds. The van der Waals surface area contributed by atoms with Gasteiger partial charge in [-0.1, -0.05) is 13.3 Å². The molecule has 88 valence electrons. The fraction of sp³-hybridized carbons (Fsp3) is 0.400. The summed E-state index contributed by atoms with van der Waals surface area (Å²) in [6, 6.07) is 5.52. The van der Waals surface area contributed by atoms with Crippen LogP contribution >= 0.6 is 0 Å². The van der Waals surface area contributed by atoms with E-state index in [1.807, 2.05) is 6.92 Å². The number of nitro groups is 1. The molecule has 1 aromatic carbocycles. The molecule has 0 N–H and O–H groups in total. The van der Waals surface area contributed by atoms with Gasteiger partial charge < -0.3 is 0 Å². The van der Waals surface area contributed by atoms with Gasteiger partial charge in [-0.05, 0) is 18.6 Å². The van der Waals surface area contributed by atoms with E-state index >= 15 is 0 Å². The van der Waals surface area contributed by atoms with Crippen molar-refractivity contribution < 1.29 is 13.3 Å². The molecule has 6 heteroatoms. The first-order valence-corrected chi connectivity index (χ1v) is 6.02. The van der Waals surface area contributed by atoms with Crippen molar-refractivity contribution in [3.05, 3.63) is 34.4 Å². The van der Waals surface area contributed by atoms with E-state index in [-0.39, 0.29) is 5.69 Å². The van der Waals surface area contributed by atoms with Crippen molar-refractivity contribution in [2.75, 3.05) is 6.61 Å². The first-order valence-electron chi connectivity index (χ1n) is 4.94. The summed E-state index contributed by atoms with van der Waals surface area (Å²) in [5, 5.41) is 10.4. The van der Waals surface area contributed by atoms with E-state index in [0.717, 1.165) is 12.8 Å². The smallest absolute Gasteiger partial charge is 0.269 e. The van der Waals surface area contributed by atoms with Crippen molar-refractivity contribution in [2.24, 2.45) is 0 Å². The van der Waals surface area contributed by atoms with Crippen LogP contribution in [0.1, 0.15) is 19.8 Å². The minimum atomic E-state index is -1.53. The maximum Gasteiger partial charge on any atom is 0.269 e. The Morgan fingerprint density at radius 1 is 1.38 bits per heavy atom. The molecule has 0 fully saturated rings. The summed E-state index contributed by atoms with van der Waals surface area (Å²) in [5.74, 6) is 0. The Balaban J connectivity index is 2.59. The van der Waals surface area contributed by atoms with Gasteiger partial charge in [0.25, 0.3) is 5.69 Å². The van der Waals surface area contributed by atoms with Crippen molar-refractivity contribution >= 4 is 16.8 Å². The zero-order chi connectivity index (χ0) is 12.0. The van der Waals surface area contributed by atoms with Gasteiger partial charge in [-0.2, -0.15) is 0 Å². The second kappa shape index (κ2) is 6.34. The number of nitrogens with zero attached hydrogens (tertiary/aromatic N) is 1. The summed E-state index contributed by atoms with van der Waals surface area (Å²) in [5.41, 5.74) is -0.0192. The van der Waals surface area contributed by atoms with Gasteiger partial charge in [0.2, 0.25) is 0 Å². The van der Waals surface area contributed by atoms with Gasteiger partial charge in [0, 0.05) is 12.1 Å². The number of rotatable bonds is 6. The summed E-state index contributed by atoms with van der Waals surface area (Å²) < 4.78 is 16.6.